The Kier molecular flexibility index (Phi) is 4.84. The summed E-state index contributed by atoms with van der Waals surface area (Å²) in [6.45, 7) is 4.06. The van der Waals surface area contributed by atoms with E-state index in [-0.39, 0.29) is 18.3 Å². The second kappa shape index (κ2) is 7.92. The SMILES string of the molecule is CCOC(=O)c1nc2c3c(ncn2n1)Oc1ccc2cc(Br)ccc2c1C3c1ccc(C)cc1. The van der Waals surface area contributed by atoms with Crippen molar-refractivity contribution in [2.45, 2.75) is 19.8 Å². The van der Waals surface area contributed by atoms with Crippen LogP contribution in [0.1, 0.15) is 45.7 Å². The molecule has 0 radical (unpaired) electrons. The average molecular weight is 515 g/mol. The van der Waals surface area contributed by atoms with Crippen molar-refractivity contribution in [1.82, 2.24) is 19.6 Å². The van der Waals surface area contributed by atoms with Gasteiger partial charge in [0.05, 0.1) is 12.2 Å². The monoisotopic (exact) mass is 514 g/mol. The fourth-order valence-corrected chi connectivity index (χ4v) is 4.89. The van der Waals surface area contributed by atoms with E-state index in [1.165, 1.54) is 16.4 Å². The minimum atomic E-state index is -0.570. The van der Waals surface area contributed by atoms with Gasteiger partial charge >= 0.3 is 5.97 Å². The zero-order chi connectivity index (χ0) is 23.4. The van der Waals surface area contributed by atoms with E-state index in [0.717, 1.165) is 37.7 Å². The molecule has 0 saturated heterocycles. The Morgan fingerprint density at radius 3 is 2.74 bits per heavy atom. The van der Waals surface area contributed by atoms with Gasteiger partial charge in [-0.15, -0.1) is 5.10 Å². The second-order valence-corrected chi connectivity index (χ2v) is 9.09. The Morgan fingerprint density at radius 2 is 1.94 bits per heavy atom. The molecule has 0 bridgehead atoms. The third kappa shape index (κ3) is 3.25. The molecule has 1 aliphatic heterocycles. The van der Waals surface area contributed by atoms with E-state index in [1.54, 1.807) is 6.92 Å². The molecular weight excluding hydrogens is 496 g/mol. The zero-order valence-corrected chi connectivity index (χ0v) is 20.0. The number of halogens is 1. The number of hydrogen-bond acceptors (Lipinski definition) is 6. The summed E-state index contributed by atoms with van der Waals surface area (Å²) in [5.41, 5.74) is 4.54. The topological polar surface area (TPSA) is 78.6 Å². The van der Waals surface area contributed by atoms with Crippen LogP contribution in [0.15, 0.2) is 65.4 Å². The first kappa shape index (κ1) is 20.8. The van der Waals surface area contributed by atoms with Gasteiger partial charge in [0.2, 0.25) is 5.88 Å². The maximum atomic E-state index is 12.4. The van der Waals surface area contributed by atoms with Crippen molar-refractivity contribution in [1.29, 1.82) is 0 Å². The van der Waals surface area contributed by atoms with E-state index in [0.29, 0.717) is 11.5 Å². The summed E-state index contributed by atoms with van der Waals surface area (Å²) in [4.78, 5) is 21.4. The highest BCUT2D eigenvalue weighted by Crippen LogP contribution is 2.50. The number of carbonyl (C=O) groups excluding carboxylic acids is 1. The summed E-state index contributed by atoms with van der Waals surface area (Å²) in [5.74, 6) is 0.394. The van der Waals surface area contributed by atoms with Crippen molar-refractivity contribution >= 4 is 38.3 Å². The molecule has 0 N–H and O–H groups in total. The van der Waals surface area contributed by atoms with Crippen LogP contribution in [0.4, 0.5) is 0 Å². The lowest BCUT2D eigenvalue weighted by Gasteiger charge is -2.29. The minimum absolute atomic E-state index is 0.00708. The molecule has 6 rings (SSSR count). The molecule has 1 unspecified atom stereocenters. The lowest BCUT2D eigenvalue weighted by molar-refractivity contribution is 0.0512. The molecule has 34 heavy (non-hydrogen) atoms. The van der Waals surface area contributed by atoms with Gasteiger partial charge in [-0.2, -0.15) is 0 Å². The highest BCUT2D eigenvalue weighted by molar-refractivity contribution is 9.10. The van der Waals surface area contributed by atoms with Crippen molar-refractivity contribution in [2.24, 2.45) is 0 Å². The number of hydrogen-bond donors (Lipinski definition) is 0. The number of carbonyl (C=O) groups is 1. The van der Waals surface area contributed by atoms with Gasteiger partial charge in [-0.25, -0.2) is 19.3 Å². The summed E-state index contributed by atoms with van der Waals surface area (Å²) in [6, 6.07) is 18.6. The highest BCUT2D eigenvalue weighted by Gasteiger charge is 2.35. The molecule has 0 saturated carbocycles. The Labute approximate surface area is 203 Å². The van der Waals surface area contributed by atoms with Gasteiger partial charge in [0.25, 0.3) is 5.82 Å². The first-order chi connectivity index (χ1) is 16.5. The van der Waals surface area contributed by atoms with Gasteiger partial charge in [-0.1, -0.05) is 57.9 Å². The number of esters is 1. The van der Waals surface area contributed by atoms with Crippen molar-refractivity contribution in [3.8, 4) is 11.6 Å². The van der Waals surface area contributed by atoms with Gasteiger partial charge < -0.3 is 9.47 Å². The molecule has 0 spiro atoms. The number of rotatable bonds is 3. The molecule has 7 nitrogen and oxygen atoms in total. The van der Waals surface area contributed by atoms with E-state index in [2.05, 4.69) is 74.3 Å². The van der Waals surface area contributed by atoms with Gasteiger partial charge in [-0.05, 0) is 48.4 Å². The molecular formula is C26H19BrN4O3. The number of nitrogens with zero attached hydrogens (tertiary/aromatic N) is 4. The number of benzene rings is 3. The van der Waals surface area contributed by atoms with Gasteiger partial charge in [-0.3, -0.25) is 0 Å². The molecule has 0 amide bonds. The molecule has 0 fully saturated rings. The first-order valence-electron chi connectivity index (χ1n) is 10.9. The largest absolute Gasteiger partial charge is 0.460 e. The van der Waals surface area contributed by atoms with Crippen LogP contribution in [-0.4, -0.2) is 32.2 Å². The summed E-state index contributed by atoms with van der Waals surface area (Å²) >= 11 is 3.58. The summed E-state index contributed by atoms with van der Waals surface area (Å²) in [6.07, 6.45) is 1.51. The number of aromatic nitrogens is 4. The van der Waals surface area contributed by atoms with Crippen LogP contribution in [-0.2, 0) is 4.74 Å². The smallest absolute Gasteiger partial charge is 0.378 e. The zero-order valence-electron chi connectivity index (χ0n) is 18.4. The standard InChI is InChI=1S/C26H19BrN4O3/c1-3-33-26(32)23-29-24-22-20(15-6-4-14(2)5-7-15)21-18-10-9-17(27)12-16(18)8-11-19(21)34-25(22)28-13-31(24)30-23/h4-13,20H,3H2,1-2H3. The third-order valence-corrected chi connectivity index (χ3v) is 6.52. The number of fused-ring (bicyclic) bond motifs is 6. The molecule has 8 heteroatoms. The summed E-state index contributed by atoms with van der Waals surface area (Å²) in [5, 5.41) is 6.48. The lowest BCUT2D eigenvalue weighted by Crippen LogP contribution is -2.15. The maximum absolute atomic E-state index is 12.4. The van der Waals surface area contributed by atoms with Gasteiger partial charge in [0.1, 0.15) is 12.1 Å². The molecule has 1 atom stereocenters. The molecule has 5 aromatic rings. The molecule has 0 aliphatic carbocycles. The van der Waals surface area contributed by atoms with Crippen molar-refractivity contribution in [3.63, 3.8) is 0 Å². The molecule has 2 aromatic heterocycles. The molecule has 168 valence electrons. The van der Waals surface area contributed by atoms with Crippen LogP contribution in [0.25, 0.3) is 16.4 Å². The minimum Gasteiger partial charge on any atom is -0.460 e. The maximum Gasteiger partial charge on any atom is 0.378 e. The predicted octanol–water partition coefficient (Wildman–Crippen LogP) is 5.81. The summed E-state index contributed by atoms with van der Waals surface area (Å²) < 4.78 is 13.9. The summed E-state index contributed by atoms with van der Waals surface area (Å²) in [7, 11) is 0. The van der Waals surface area contributed by atoms with Crippen LogP contribution >= 0.6 is 15.9 Å². The molecule has 1 aliphatic rings. The highest BCUT2D eigenvalue weighted by atomic mass is 79.9. The van der Waals surface area contributed by atoms with Crippen LogP contribution in [0, 0.1) is 6.92 Å². The molecule has 3 aromatic carbocycles. The molecule has 3 heterocycles. The number of ether oxygens (including phenoxy) is 2. The van der Waals surface area contributed by atoms with E-state index in [1.807, 2.05) is 18.2 Å². The van der Waals surface area contributed by atoms with E-state index < -0.39 is 5.97 Å². The fraction of sp³-hybridized carbons (Fsp3) is 0.154. The predicted molar refractivity (Wildman–Crippen MR) is 131 cm³/mol. The van der Waals surface area contributed by atoms with Crippen LogP contribution < -0.4 is 4.74 Å². The van der Waals surface area contributed by atoms with E-state index in [9.17, 15) is 4.79 Å². The average Bonchev–Trinajstić information content (AvgIpc) is 3.28. The van der Waals surface area contributed by atoms with Gasteiger partial charge in [0, 0.05) is 16.0 Å². The van der Waals surface area contributed by atoms with Crippen LogP contribution in [0.3, 0.4) is 0 Å². The quantitative estimate of drug-likeness (QED) is 0.277. The van der Waals surface area contributed by atoms with Crippen LogP contribution in [0.2, 0.25) is 0 Å². The third-order valence-electron chi connectivity index (χ3n) is 6.02. The second-order valence-electron chi connectivity index (χ2n) is 8.18. The fourth-order valence-electron chi connectivity index (χ4n) is 4.51. The van der Waals surface area contributed by atoms with Crippen LogP contribution in [0.5, 0.6) is 11.6 Å². The van der Waals surface area contributed by atoms with E-state index >= 15 is 0 Å². The van der Waals surface area contributed by atoms with Crippen molar-refractivity contribution in [3.05, 3.63) is 93.5 Å². The lowest BCUT2D eigenvalue weighted by atomic mass is 9.81. The number of aryl methyl sites for hydroxylation is 1. The Morgan fingerprint density at radius 1 is 1.12 bits per heavy atom. The van der Waals surface area contributed by atoms with Crippen molar-refractivity contribution < 1.29 is 14.3 Å². The van der Waals surface area contributed by atoms with Gasteiger partial charge in [0.15, 0.2) is 5.65 Å². The first-order valence-corrected chi connectivity index (χ1v) is 11.7. The van der Waals surface area contributed by atoms with E-state index in [4.69, 9.17) is 9.47 Å². The Balaban J connectivity index is 1.67. The normalized spacial score (nSPS) is 14.5. The van der Waals surface area contributed by atoms with Crippen molar-refractivity contribution in [2.75, 3.05) is 6.61 Å². The Bertz CT molecular complexity index is 1590. The Hall–Kier alpha value is -3.78.